The standard InChI is InChI=1S/C11H15N5O/c1-8-14-11(16-17-8)6-7-13-10-5-3-4-9(12-2)15-10/h3-5H,6-7H2,1-2H3,(H2,12,13,15). The van der Waals surface area contributed by atoms with E-state index in [4.69, 9.17) is 4.52 Å². The normalized spacial score (nSPS) is 10.2. The molecule has 0 radical (unpaired) electrons. The summed E-state index contributed by atoms with van der Waals surface area (Å²) in [5.41, 5.74) is 0. The van der Waals surface area contributed by atoms with Gasteiger partial charge < -0.3 is 15.2 Å². The first-order valence-electron chi connectivity index (χ1n) is 5.46. The van der Waals surface area contributed by atoms with Crippen LogP contribution in [0.3, 0.4) is 0 Å². The summed E-state index contributed by atoms with van der Waals surface area (Å²) >= 11 is 0. The van der Waals surface area contributed by atoms with Crippen molar-refractivity contribution in [2.75, 3.05) is 24.2 Å². The summed E-state index contributed by atoms with van der Waals surface area (Å²) in [7, 11) is 1.84. The summed E-state index contributed by atoms with van der Waals surface area (Å²) in [6.07, 6.45) is 0.711. The highest BCUT2D eigenvalue weighted by Gasteiger charge is 2.01. The smallest absolute Gasteiger partial charge is 0.223 e. The van der Waals surface area contributed by atoms with E-state index in [-0.39, 0.29) is 0 Å². The maximum absolute atomic E-state index is 4.89. The second-order valence-electron chi connectivity index (χ2n) is 3.56. The molecule has 2 heterocycles. The molecule has 2 aromatic rings. The van der Waals surface area contributed by atoms with Crippen molar-refractivity contribution in [1.82, 2.24) is 15.1 Å². The van der Waals surface area contributed by atoms with Gasteiger partial charge in [-0.1, -0.05) is 11.2 Å². The van der Waals surface area contributed by atoms with Gasteiger partial charge in [-0.05, 0) is 12.1 Å². The Kier molecular flexibility index (Phi) is 3.54. The molecule has 2 aromatic heterocycles. The van der Waals surface area contributed by atoms with Gasteiger partial charge in [0.15, 0.2) is 5.82 Å². The fourth-order valence-corrected chi connectivity index (χ4v) is 1.42. The van der Waals surface area contributed by atoms with Crippen LogP contribution >= 0.6 is 0 Å². The Bertz CT molecular complexity index is 482. The zero-order valence-electron chi connectivity index (χ0n) is 9.90. The molecule has 0 aliphatic heterocycles. The van der Waals surface area contributed by atoms with Gasteiger partial charge in [-0.3, -0.25) is 0 Å². The molecule has 2 N–H and O–H groups in total. The fraction of sp³-hybridized carbons (Fsp3) is 0.364. The highest BCUT2D eigenvalue weighted by Crippen LogP contribution is 2.08. The van der Waals surface area contributed by atoms with Crippen molar-refractivity contribution >= 4 is 11.6 Å². The maximum atomic E-state index is 4.89. The van der Waals surface area contributed by atoms with E-state index in [9.17, 15) is 0 Å². The molecule has 0 saturated heterocycles. The summed E-state index contributed by atoms with van der Waals surface area (Å²) in [5.74, 6) is 2.97. The van der Waals surface area contributed by atoms with Gasteiger partial charge in [0.1, 0.15) is 11.6 Å². The van der Waals surface area contributed by atoms with Crippen LogP contribution in [0.25, 0.3) is 0 Å². The van der Waals surface area contributed by atoms with Crippen LogP contribution in [0.2, 0.25) is 0 Å². The van der Waals surface area contributed by atoms with Crippen LogP contribution in [0.4, 0.5) is 11.6 Å². The predicted molar refractivity (Wildman–Crippen MR) is 65.0 cm³/mol. The molecular weight excluding hydrogens is 218 g/mol. The summed E-state index contributed by atoms with van der Waals surface area (Å²) in [4.78, 5) is 8.47. The van der Waals surface area contributed by atoms with Crippen molar-refractivity contribution < 1.29 is 4.52 Å². The number of anilines is 2. The third kappa shape index (κ3) is 3.17. The van der Waals surface area contributed by atoms with Gasteiger partial charge in [-0.15, -0.1) is 0 Å². The molecule has 2 rings (SSSR count). The summed E-state index contributed by atoms with van der Waals surface area (Å²) in [6.45, 7) is 2.50. The summed E-state index contributed by atoms with van der Waals surface area (Å²) in [6, 6.07) is 5.77. The van der Waals surface area contributed by atoms with Crippen molar-refractivity contribution in [3.63, 3.8) is 0 Å². The van der Waals surface area contributed by atoms with Crippen LogP contribution in [0.5, 0.6) is 0 Å². The molecule has 0 atom stereocenters. The van der Waals surface area contributed by atoms with Crippen molar-refractivity contribution in [2.24, 2.45) is 0 Å². The molecule has 6 heteroatoms. The average Bonchev–Trinajstić information content (AvgIpc) is 2.75. The Morgan fingerprint density at radius 3 is 2.76 bits per heavy atom. The van der Waals surface area contributed by atoms with Crippen LogP contribution in [0.1, 0.15) is 11.7 Å². The van der Waals surface area contributed by atoms with Gasteiger partial charge in [0, 0.05) is 26.9 Å². The van der Waals surface area contributed by atoms with Gasteiger partial charge in [-0.2, -0.15) is 4.98 Å². The van der Waals surface area contributed by atoms with E-state index in [1.807, 2.05) is 25.2 Å². The third-order valence-electron chi connectivity index (χ3n) is 2.23. The Morgan fingerprint density at radius 1 is 1.24 bits per heavy atom. The van der Waals surface area contributed by atoms with Crippen molar-refractivity contribution in [1.29, 1.82) is 0 Å². The SMILES string of the molecule is CNc1cccc(NCCc2noc(C)n2)n1. The molecule has 0 spiro atoms. The number of rotatable bonds is 5. The average molecular weight is 233 g/mol. The van der Waals surface area contributed by atoms with E-state index < -0.39 is 0 Å². The number of aromatic nitrogens is 3. The molecule has 17 heavy (non-hydrogen) atoms. The highest BCUT2D eigenvalue weighted by atomic mass is 16.5. The Labute approximate surface area is 99.5 Å². The lowest BCUT2D eigenvalue weighted by Crippen LogP contribution is -2.07. The maximum Gasteiger partial charge on any atom is 0.223 e. The Morgan fingerprint density at radius 2 is 2.06 bits per heavy atom. The number of pyridine rings is 1. The summed E-state index contributed by atoms with van der Waals surface area (Å²) in [5, 5.41) is 10.0. The molecule has 0 unspecified atom stereocenters. The highest BCUT2D eigenvalue weighted by molar-refractivity contribution is 5.44. The van der Waals surface area contributed by atoms with Gasteiger partial charge in [0.05, 0.1) is 0 Å². The van der Waals surface area contributed by atoms with Crippen molar-refractivity contribution in [3.8, 4) is 0 Å². The minimum Gasteiger partial charge on any atom is -0.373 e. The minimum atomic E-state index is 0.593. The topological polar surface area (TPSA) is 75.9 Å². The van der Waals surface area contributed by atoms with Crippen molar-refractivity contribution in [3.05, 3.63) is 29.9 Å². The molecule has 6 nitrogen and oxygen atoms in total. The molecule has 0 fully saturated rings. The van der Waals surface area contributed by atoms with Crippen LogP contribution in [-0.2, 0) is 6.42 Å². The summed E-state index contributed by atoms with van der Waals surface area (Å²) < 4.78 is 4.89. The molecule has 0 aliphatic carbocycles. The largest absolute Gasteiger partial charge is 0.373 e. The van der Waals surface area contributed by atoms with Crippen LogP contribution < -0.4 is 10.6 Å². The molecule has 0 aromatic carbocycles. The van der Waals surface area contributed by atoms with E-state index in [2.05, 4.69) is 25.8 Å². The number of aryl methyl sites for hydroxylation is 1. The number of hydrogen-bond donors (Lipinski definition) is 2. The number of hydrogen-bond acceptors (Lipinski definition) is 6. The van der Waals surface area contributed by atoms with Gasteiger partial charge in [0.25, 0.3) is 0 Å². The second kappa shape index (κ2) is 5.29. The van der Waals surface area contributed by atoms with Gasteiger partial charge >= 0.3 is 0 Å². The van der Waals surface area contributed by atoms with E-state index in [0.29, 0.717) is 18.1 Å². The van der Waals surface area contributed by atoms with Crippen LogP contribution in [-0.4, -0.2) is 28.7 Å². The quantitative estimate of drug-likeness (QED) is 0.814. The predicted octanol–water partition coefficient (Wildman–Crippen LogP) is 1.47. The minimum absolute atomic E-state index is 0.593. The lowest BCUT2D eigenvalue weighted by atomic mass is 10.4. The van der Waals surface area contributed by atoms with E-state index in [1.165, 1.54) is 0 Å². The molecule has 0 aliphatic rings. The molecule has 0 amide bonds. The van der Waals surface area contributed by atoms with Gasteiger partial charge in [0.2, 0.25) is 5.89 Å². The molecular formula is C11H15N5O. The lowest BCUT2D eigenvalue weighted by molar-refractivity contribution is 0.387. The van der Waals surface area contributed by atoms with Crippen LogP contribution in [0, 0.1) is 6.92 Å². The van der Waals surface area contributed by atoms with E-state index in [1.54, 1.807) is 6.92 Å². The third-order valence-corrected chi connectivity index (χ3v) is 2.23. The van der Waals surface area contributed by atoms with Crippen LogP contribution in [0.15, 0.2) is 22.7 Å². The fourth-order valence-electron chi connectivity index (χ4n) is 1.42. The van der Waals surface area contributed by atoms with E-state index in [0.717, 1.165) is 18.2 Å². The van der Waals surface area contributed by atoms with Crippen molar-refractivity contribution in [2.45, 2.75) is 13.3 Å². The Hall–Kier alpha value is -2.11. The molecule has 0 saturated carbocycles. The zero-order chi connectivity index (χ0) is 12.1. The molecule has 90 valence electrons. The molecule has 0 bridgehead atoms. The van der Waals surface area contributed by atoms with E-state index >= 15 is 0 Å². The lowest BCUT2D eigenvalue weighted by Gasteiger charge is -2.05. The second-order valence-corrected chi connectivity index (χ2v) is 3.56. The first-order valence-corrected chi connectivity index (χ1v) is 5.46. The first-order chi connectivity index (χ1) is 8.28. The Balaban J connectivity index is 1.85. The van der Waals surface area contributed by atoms with Gasteiger partial charge in [-0.25, -0.2) is 4.98 Å². The first kappa shape index (κ1) is 11.4. The zero-order valence-corrected chi connectivity index (χ0v) is 9.90. The number of nitrogens with zero attached hydrogens (tertiary/aromatic N) is 3. The monoisotopic (exact) mass is 233 g/mol. The number of nitrogens with one attached hydrogen (secondary N) is 2.